The third-order valence-corrected chi connectivity index (χ3v) is 4.25. The molecule has 1 rings (SSSR count). The predicted octanol–water partition coefficient (Wildman–Crippen LogP) is 4.17. The summed E-state index contributed by atoms with van der Waals surface area (Å²) in [6.45, 7) is 3.86. The Kier molecular flexibility index (Phi) is 4.63. The number of hydrogen-bond acceptors (Lipinski definition) is 2. The number of halogens is 4. The van der Waals surface area contributed by atoms with Gasteiger partial charge in [0.05, 0.1) is 10.5 Å². The molecule has 0 aliphatic carbocycles. The lowest BCUT2D eigenvalue weighted by atomic mass is 10.1. The Balaban J connectivity index is 3.50. The molecule has 2 nitrogen and oxygen atoms in total. The van der Waals surface area contributed by atoms with Crippen molar-refractivity contribution >= 4 is 9.84 Å². The highest BCUT2D eigenvalue weighted by atomic mass is 32.2. The molecule has 1 aromatic carbocycles. The topological polar surface area (TPSA) is 34.1 Å². The van der Waals surface area contributed by atoms with Gasteiger partial charge in [0.1, 0.15) is 0 Å². The number of benzene rings is 1. The van der Waals surface area contributed by atoms with Gasteiger partial charge in [0.2, 0.25) is 15.0 Å². The number of sulfone groups is 1. The first kappa shape index (κ1) is 16.7. The molecule has 0 bridgehead atoms. The van der Waals surface area contributed by atoms with E-state index in [4.69, 9.17) is 0 Å². The van der Waals surface area contributed by atoms with Crippen molar-refractivity contribution in [1.82, 2.24) is 0 Å². The van der Waals surface area contributed by atoms with Crippen LogP contribution < -0.4 is 0 Å². The highest BCUT2D eigenvalue weighted by Gasteiger charge is 2.42. The molecule has 112 valence electrons. The molecular formula is C13H14F4O2S. The summed E-state index contributed by atoms with van der Waals surface area (Å²) in [5, 5.41) is -2.14. The molecule has 0 saturated carbocycles. The first-order valence-electron chi connectivity index (χ1n) is 5.76. The van der Waals surface area contributed by atoms with Gasteiger partial charge < -0.3 is 0 Å². The molecule has 0 unspecified atom stereocenters. The molecule has 0 heterocycles. The molecule has 0 radical (unpaired) electrons. The van der Waals surface area contributed by atoms with Gasteiger partial charge in [0.15, 0.2) is 0 Å². The minimum Gasteiger partial charge on any atom is -0.216 e. The Morgan fingerprint density at radius 3 is 1.90 bits per heavy atom. The maximum atomic E-state index is 13.9. The Bertz CT molecular complexity index is 611. The van der Waals surface area contributed by atoms with Crippen molar-refractivity contribution in [3.8, 4) is 0 Å². The number of aryl methyl sites for hydroxylation is 1. The molecule has 0 atom stereocenters. The van der Waals surface area contributed by atoms with Crippen LogP contribution in [0.5, 0.6) is 0 Å². The summed E-state index contributed by atoms with van der Waals surface area (Å²) in [5.41, 5.74) is -0.952. The molecule has 1 aromatic rings. The number of allylic oxidation sites excluding steroid dienone is 1. The van der Waals surface area contributed by atoms with Gasteiger partial charge in [-0.2, -0.15) is 17.6 Å². The summed E-state index contributed by atoms with van der Waals surface area (Å²) < 4.78 is 76.1. The third-order valence-electron chi connectivity index (χ3n) is 2.66. The molecule has 0 aliphatic rings. The van der Waals surface area contributed by atoms with E-state index in [0.717, 1.165) is 26.0 Å². The van der Waals surface area contributed by atoms with Crippen molar-refractivity contribution < 1.29 is 26.0 Å². The van der Waals surface area contributed by atoms with Crippen molar-refractivity contribution in [1.29, 1.82) is 0 Å². The normalized spacial score (nSPS) is 14.4. The first-order chi connectivity index (χ1) is 8.98. The fourth-order valence-electron chi connectivity index (χ4n) is 1.63. The highest BCUT2D eigenvalue weighted by Crippen LogP contribution is 2.37. The highest BCUT2D eigenvalue weighted by molar-refractivity contribution is 7.95. The first-order valence-corrected chi connectivity index (χ1v) is 7.25. The van der Waals surface area contributed by atoms with Crippen molar-refractivity contribution in [2.45, 2.75) is 31.8 Å². The monoisotopic (exact) mass is 310 g/mol. The Morgan fingerprint density at radius 2 is 1.55 bits per heavy atom. The average molecular weight is 310 g/mol. The zero-order valence-corrected chi connectivity index (χ0v) is 11.9. The van der Waals surface area contributed by atoms with E-state index in [1.165, 1.54) is 12.1 Å². The van der Waals surface area contributed by atoms with Gasteiger partial charge >= 0.3 is 6.18 Å². The smallest absolute Gasteiger partial charge is 0.216 e. The van der Waals surface area contributed by atoms with Gasteiger partial charge in [-0.25, -0.2) is 8.42 Å². The molecule has 20 heavy (non-hydrogen) atoms. The number of hydrogen-bond donors (Lipinski definition) is 0. The van der Waals surface area contributed by atoms with E-state index in [-0.39, 0.29) is 0 Å². The van der Waals surface area contributed by atoms with E-state index in [2.05, 4.69) is 0 Å². The lowest BCUT2D eigenvalue weighted by Crippen LogP contribution is -2.21. The van der Waals surface area contributed by atoms with Crippen LogP contribution in [0.2, 0.25) is 0 Å². The van der Waals surface area contributed by atoms with Crippen molar-refractivity contribution in [3.05, 3.63) is 40.6 Å². The van der Waals surface area contributed by atoms with E-state index in [0.29, 0.717) is 5.56 Å². The Labute approximate surface area is 115 Å². The van der Waals surface area contributed by atoms with Crippen LogP contribution >= 0.6 is 0 Å². The Morgan fingerprint density at radius 1 is 1.10 bits per heavy atom. The third kappa shape index (κ3) is 3.39. The fraction of sp³-hybridized carbons (Fsp3) is 0.385. The van der Waals surface area contributed by atoms with Crippen LogP contribution in [0.25, 0.3) is 0 Å². The maximum absolute atomic E-state index is 13.9. The zero-order chi connectivity index (χ0) is 15.7. The summed E-state index contributed by atoms with van der Waals surface area (Å²) in [6, 6.07) is 4.95. The van der Waals surface area contributed by atoms with Crippen LogP contribution in [-0.2, 0) is 9.84 Å². The van der Waals surface area contributed by atoms with Crippen LogP contribution in [0, 0.1) is 12.8 Å². The van der Waals surface area contributed by atoms with Crippen LogP contribution in [0.4, 0.5) is 17.6 Å². The minimum absolute atomic E-state index is 0.497. The van der Waals surface area contributed by atoms with Crippen molar-refractivity contribution in [3.63, 3.8) is 0 Å². The predicted molar refractivity (Wildman–Crippen MR) is 67.4 cm³/mol. The second-order valence-corrected chi connectivity index (χ2v) is 6.49. The fourth-order valence-corrected chi connectivity index (χ4v) is 2.97. The standard InChI is InChI=1S/C13H14F4O2S/c1-8(2)11(13(15,16)17)12(14)20(18,19)10-6-4-9(3)5-7-10/h4-8H,1-3H3/b12-11+. The Hall–Kier alpha value is -1.37. The van der Waals surface area contributed by atoms with Gasteiger partial charge in [-0.15, -0.1) is 0 Å². The van der Waals surface area contributed by atoms with E-state index in [1.807, 2.05) is 0 Å². The van der Waals surface area contributed by atoms with Gasteiger partial charge in [-0.3, -0.25) is 0 Å². The maximum Gasteiger partial charge on any atom is 0.416 e. The van der Waals surface area contributed by atoms with Crippen LogP contribution in [-0.4, -0.2) is 14.6 Å². The van der Waals surface area contributed by atoms with Gasteiger partial charge in [-0.1, -0.05) is 31.5 Å². The molecule has 0 saturated heterocycles. The molecule has 0 aromatic heterocycles. The number of rotatable bonds is 3. The van der Waals surface area contributed by atoms with E-state index in [1.54, 1.807) is 6.92 Å². The summed E-state index contributed by atoms with van der Waals surface area (Å²) in [7, 11) is -4.79. The molecule has 0 fully saturated rings. The summed E-state index contributed by atoms with van der Waals surface area (Å²) in [6.07, 6.45) is -5.03. The zero-order valence-electron chi connectivity index (χ0n) is 11.1. The van der Waals surface area contributed by atoms with Gasteiger partial charge in [-0.05, 0) is 25.0 Å². The summed E-state index contributed by atoms with van der Waals surface area (Å²) >= 11 is 0. The SMILES string of the molecule is Cc1ccc(S(=O)(=O)/C(F)=C(\C(C)C)C(F)(F)F)cc1. The second kappa shape index (κ2) is 5.55. The van der Waals surface area contributed by atoms with E-state index < -0.39 is 37.6 Å². The van der Waals surface area contributed by atoms with Crippen LogP contribution in [0.15, 0.2) is 39.9 Å². The summed E-state index contributed by atoms with van der Waals surface area (Å²) in [4.78, 5) is -0.497. The van der Waals surface area contributed by atoms with Crippen LogP contribution in [0.3, 0.4) is 0 Å². The molecule has 0 N–H and O–H groups in total. The number of alkyl halides is 3. The van der Waals surface area contributed by atoms with Crippen LogP contribution in [0.1, 0.15) is 19.4 Å². The quantitative estimate of drug-likeness (QED) is 0.785. The van der Waals surface area contributed by atoms with Crippen molar-refractivity contribution in [2.24, 2.45) is 5.92 Å². The second-order valence-electron chi connectivity index (χ2n) is 4.66. The lowest BCUT2D eigenvalue weighted by molar-refractivity contribution is -0.0990. The molecule has 0 spiro atoms. The molecule has 7 heteroatoms. The minimum atomic E-state index is -5.03. The van der Waals surface area contributed by atoms with Crippen molar-refractivity contribution in [2.75, 3.05) is 0 Å². The molecule has 0 amide bonds. The van der Waals surface area contributed by atoms with E-state index in [9.17, 15) is 26.0 Å². The van der Waals surface area contributed by atoms with Gasteiger partial charge in [0.25, 0.3) is 0 Å². The van der Waals surface area contributed by atoms with Gasteiger partial charge in [0, 0.05) is 0 Å². The summed E-state index contributed by atoms with van der Waals surface area (Å²) in [5.74, 6) is -1.30. The molecular weight excluding hydrogens is 296 g/mol. The average Bonchev–Trinajstić information content (AvgIpc) is 2.26. The molecule has 0 aliphatic heterocycles. The van der Waals surface area contributed by atoms with E-state index >= 15 is 0 Å². The lowest BCUT2D eigenvalue weighted by Gasteiger charge is -2.16. The largest absolute Gasteiger partial charge is 0.416 e.